The van der Waals surface area contributed by atoms with Crippen molar-refractivity contribution in [2.75, 3.05) is 12.4 Å². The van der Waals surface area contributed by atoms with Crippen molar-refractivity contribution >= 4 is 5.69 Å². The van der Waals surface area contributed by atoms with Gasteiger partial charge in [0.1, 0.15) is 5.75 Å². The molecule has 0 saturated carbocycles. The van der Waals surface area contributed by atoms with Crippen LogP contribution in [0.4, 0.5) is 5.69 Å². The Morgan fingerprint density at radius 1 is 1.11 bits per heavy atom. The van der Waals surface area contributed by atoms with Crippen molar-refractivity contribution in [1.82, 2.24) is 0 Å². The lowest BCUT2D eigenvalue weighted by molar-refractivity contribution is 0.414. The number of para-hydroxylation sites is 1. The van der Waals surface area contributed by atoms with Crippen LogP contribution in [0.25, 0.3) is 0 Å². The zero-order valence-corrected chi connectivity index (χ0v) is 11.2. The van der Waals surface area contributed by atoms with E-state index in [0.29, 0.717) is 6.04 Å². The molecule has 0 aromatic heterocycles. The molecule has 1 atom stereocenters. The number of benzene rings is 2. The Labute approximate surface area is 114 Å². The highest BCUT2D eigenvalue weighted by atomic mass is 16.5. The van der Waals surface area contributed by atoms with Crippen molar-refractivity contribution in [2.45, 2.75) is 25.3 Å². The van der Waals surface area contributed by atoms with Crippen LogP contribution in [0.15, 0.2) is 48.5 Å². The number of rotatable bonds is 4. The highest BCUT2D eigenvalue weighted by Gasteiger charge is 2.19. The smallest absolute Gasteiger partial charge is 0.118 e. The number of hydrogen-bond donors (Lipinski definition) is 1. The molecule has 2 heteroatoms. The van der Waals surface area contributed by atoms with Gasteiger partial charge < -0.3 is 10.1 Å². The molecule has 1 aliphatic heterocycles. The molecule has 98 valence electrons. The van der Waals surface area contributed by atoms with E-state index in [1.54, 1.807) is 7.11 Å². The fraction of sp³-hybridized carbons (Fsp3) is 0.294. The van der Waals surface area contributed by atoms with Crippen LogP contribution in [0.1, 0.15) is 17.5 Å². The maximum atomic E-state index is 5.18. The maximum absolute atomic E-state index is 5.18. The van der Waals surface area contributed by atoms with E-state index < -0.39 is 0 Å². The Morgan fingerprint density at radius 2 is 1.89 bits per heavy atom. The molecule has 0 saturated heterocycles. The monoisotopic (exact) mass is 253 g/mol. The summed E-state index contributed by atoms with van der Waals surface area (Å²) in [5.41, 5.74) is 4.13. The number of hydrogen-bond acceptors (Lipinski definition) is 2. The van der Waals surface area contributed by atoms with E-state index in [2.05, 4.69) is 41.7 Å². The predicted octanol–water partition coefficient (Wildman–Crippen LogP) is 3.66. The summed E-state index contributed by atoms with van der Waals surface area (Å²) in [6, 6.07) is 17.5. The van der Waals surface area contributed by atoms with Gasteiger partial charge in [0.15, 0.2) is 0 Å². The second kappa shape index (κ2) is 5.35. The summed E-state index contributed by atoms with van der Waals surface area (Å²) in [5.74, 6) is 0.926. The average molecular weight is 253 g/mol. The van der Waals surface area contributed by atoms with Crippen LogP contribution in [0.3, 0.4) is 0 Å². The molecule has 0 aliphatic carbocycles. The zero-order valence-electron chi connectivity index (χ0n) is 11.2. The number of fused-ring (bicyclic) bond motifs is 1. The van der Waals surface area contributed by atoms with Gasteiger partial charge in [-0.3, -0.25) is 0 Å². The molecule has 1 heterocycles. The van der Waals surface area contributed by atoms with Crippen molar-refractivity contribution in [3.63, 3.8) is 0 Å². The van der Waals surface area contributed by atoms with Gasteiger partial charge in [0.05, 0.1) is 7.11 Å². The standard InChI is InChI=1S/C17H19NO/c1-19-16-10-7-13(8-11-16)6-9-15-12-14-4-2-3-5-17(14)18-15/h2-5,7-8,10-11,15,18H,6,9,12H2,1H3. The van der Waals surface area contributed by atoms with Crippen LogP contribution < -0.4 is 10.1 Å². The third kappa shape index (κ3) is 2.73. The molecular formula is C17H19NO. The van der Waals surface area contributed by atoms with Gasteiger partial charge in [0.25, 0.3) is 0 Å². The second-order valence-electron chi connectivity index (χ2n) is 5.09. The van der Waals surface area contributed by atoms with Crippen LogP contribution in [-0.4, -0.2) is 13.2 Å². The second-order valence-corrected chi connectivity index (χ2v) is 5.09. The molecule has 0 bridgehead atoms. The molecule has 2 aromatic rings. The van der Waals surface area contributed by atoms with Gasteiger partial charge in [0, 0.05) is 11.7 Å². The van der Waals surface area contributed by atoms with Crippen LogP contribution >= 0.6 is 0 Å². The molecular weight excluding hydrogens is 234 g/mol. The van der Waals surface area contributed by atoms with Crippen molar-refractivity contribution in [2.24, 2.45) is 0 Å². The van der Waals surface area contributed by atoms with Crippen LogP contribution in [0.5, 0.6) is 5.75 Å². The van der Waals surface area contributed by atoms with E-state index in [9.17, 15) is 0 Å². The van der Waals surface area contributed by atoms with Gasteiger partial charge >= 0.3 is 0 Å². The Bertz CT molecular complexity index is 522. The molecule has 19 heavy (non-hydrogen) atoms. The van der Waals surface area contributed by atoms with E-state index in [0.717, 1.165) is 18.6 Å². The number of ether oxygens (including phenoxy) is 1. The summed E-state index contributed by atoms with van der Waals surface area (Å²) in [6.45, 7) is 0. The summed E-state index contributed by atoms with van der Waals surface area (Å²) in [4.78, 5) is 0. The first kappa shape index (κ1) is 12.1. The zero-order chi connectivity index (χ0) is 13.1. The van der Waals surface area contributed by atoms with E-state index in [4.69, 9.17) is 4.74 Å². The minimum Gasteiger partial charge on any atom is -0.497 e. The van der Waals surface area contributed by atoms with Crippen LogP contribution in [-0.2, 0) is 12.8 Å². The minimum absolute atomic E-state index is 0.569. The molecule has 0 radical (unpaired) electrons. The van der Waals surface area contributed by atoms with Crippen LogP contribution in [0, 0.1) is 0 Å². The normalized spacial score (nSPS) is 16.8. The summed E-state index contributed by atoms with van der Waals surface area (Å²) in [6.07, 6.45) is 3.42. The predicted molar refractivity (Wildman–Crippen MR) is 78.9 cm³/mol. The van der Waals surface area contributed by atoms with Crippen molar-refractivity contribution in [3.8, 4) is 5.75 Å². The third-order valence-corrected chi connectivity index (χ3v) is 3.78. The van der Waals surface area contributed by atoms with E-state index in [1.165, 1.54) is 23.2 Å². The van der Waals surface area contributed by atoms with Gasteiger partial charge in [-0.15, -0.1) is 0 Å². The fourth-order valence-electron chi connectivity index (χ4n) is 2.68. The lowest BCUT2D eigenvalue weighted by Gasteiger charge is -2.11. The van der Waals surface area contributed by atoms with Crippen molar-refractivity contribution < 1.29 is 4.74 Å². The molecule has 0 fully saturated rings. The van der Waals surface area contributed by atoms with Gasteiger partial charge in [-0.25, -0.2) is 0 Å². The first-order valence-electron chi connectivity index (χ1n) is 6.82. The Balaban J connectivity index is 1.56. The summed E-state index contributed by atoms with van der Waals surface area (Å²) >= 11 is 0. The summed E-state index contributed by atoms with van der Waals surface area (Å²) in [5, 5.41) is 3.60. The SMILES string of the molecule is COc1ccc(CCC2Cc3ccccc3N2)cc1. The molecule has 1 unspecified atom stereocenters. The van der Waals surface area contributed by atoms with E-state index >= 15 is 0 Å². The van der Waals surface area contributed by atoms with Crippen molar-refractivity contribution in [3.05, 3.63) is 59.7 Å². The first-order valence-corrected chi connectivity index (χ1v) is 6.82. The molecule has 3 rings (SSSR count). The van der Waals surface area contributed by atoms with Gasteiger partial charge in [-0.05, 0) is 48.6 Å². The Morgan fingerprint density at radius 3 is 2.63 bits per heavy atom. The van der Waals surface area contributed by atoms with Crippen LogP contribution in [0.2, 0.25) is 0 Å². The summed E-state index contributed by atoms with van der Waals surface area (Å²) < 4.78 is 5.18. The lowest BCUT2D eigenvalue weighted by Crippen LogP contribution is -2.16. The molecule has 2 nitrogen and oxygen atoms in total. The van der Waals surface area contributed by atoms with Gasteiger partial charge in [-0.1, -0.05) is 30.3 Å². The third-order valence-electron chi connectivity index (χ3n) is 3.78. The Kier molecular flexibility index (Phi) is 3.41. The summed E-state index contributed by atoms with van der Waals surface area (Å²) in [7, 11) is 1.70. The fourth-order valence-corrected chi connectivity index (χ4v) is 2.68. The quantitative estimate of drug-likeness (QED) is 0.897. The molecule has 1 N–H and O–H groups in total. The maximum Gasteiger partial charge on any atom is 0.118 e. The van der Waals surface area contributed by atoms with Gasteiger partial charge in [-0.2, -0.15) is 0 Å². The van der Waals surface area contributed by atoms with E-state index in [-0.39, 0.29) is 0 Å². The highest BCUT2D eigenvalue weighted by Crippen LogP contribution is 2.27. The van der Waals surface area contributed by atoms with Gasteiger partial charge in [0.2, 0.25) is 0 Å². The number of anilines is 1. The molecule has 0 spiro atoms. The molecule has 1 aliphatic rings. The van der Waals surface area contributed by atoms with E-state index in [1.807, 2.05) is 12.1 Å². The lowest BCUT2D eigenvalue weighted by atomic mass is 10.0. The first-order chi connectivity index (χ1) is 9.35. The highest BCUT2D eigenvalue weighted by molar-refractivity contribution is 5.56. The largest absolute Gasteiger partial charge is 0.497 e. The Hall–Kier alpha value is -1.96. The number of methoxy groups -OCH3 is 1. The number of nitrogens with one attached hydrogen (secondary N) is 1. The number of aryl methyl sites for hydroxylation is 1. The average Bonchev–Trinajstić information content (AvgIpc) is 2.88. The molecule has 0 amide bonds. The topological polar surface area (TPSA) is 21.3 Å². The minimum atomic E-state index is 0.569. The van der Waals surface area contributed by atoms with Crippen molar-refractivity contribution in [1.29, 1.82) is 0 Å². The molecule has 2 aromatic carbocycles.